The number of ether oxygens (including phenoxy) is 1. The molecule has 0 spiro atoms. The molecule has 2 aromatic rings. The van der Waals surface area contributed by atoms with Crippen molar-refractivity contribution in [2.24, 2.45) is 0 Å². The van der Waals surface area contributed by atoms with E-state index >= 15 is 0 Å². The number of amides is 1. The fraction of sp³-hybridized carbons (Fsp3) is 0.316. The number of nitro benzene ring substituents is 1. The SMILES string of the molecule is Cc1cccc(CN(C(=O)COc2ccccc2[N+](=O)[O-])C2CC2)c1. The van der Waals surface area contributed by atoms with Crippen LogP contribution in [0.15, 0.2) is 48.5 Å². The van der Waals surface area contributed by atoms with E-state index in [2.05, 4.69) is 6.07 Å². The number of carbonyl (C=O) groups is 1. The van der Waals surface area contributed by atoms with Gasteiger partial charge in [-0.15, -0.1) is 0 Å². The molecule has 1 amide bonds. The fourth-order valence-electron chi connectivity index (χ4n) is 2.77. The van der Waals surface area contributed by atoms with Gasteiger partial charge in [-0.1, -0.05) is 42.0 Å². The number of nitro groups is 1. The first kappa shape index (κ1) is 17.0. The summed E-state index contributed by atoms with van der Waals surface area (Å²) >= 11 is 0. The van der Waals surface area contributed by atoms with Gasteiger partial charge in [-0.3, -0.25) is 14.9 Å². The lowest BCUT2D eigenvalue weighted by Gasteiger charge is -2.23. The van der Waals surface area contributed by atoms with Gasteiger partial charge in [-0.2, -0.15) is 0 Å². The van der Waals surface area contributed by atoms with Crippen molar-refractivity contribution in [2.75, 3.05) is 6.61 Å². The zero-order valence-electron chi connectivity index (χ0n) is 14.1. The van der Waals surface area contributed by atoms with Crippen molar-refractivity contribution in [3.8, 4) is 5.75 Å². The summed E-state index contributed by atoms with van der Waals surface area (Å²) in [6.45, 7) is 2.35. The molecule has 0 atom stereocenters. The predicted octanol–water partition coefficient (Wildman–Crippen LogP) is 3.47. The Labute approximate surface area is 146 Å². The maximum atomic E-state index is 12.6. The van der Waals surface area contributed by atoms with Crippen molar-refractivity contribution in [3.05, 3.63) is 69.8 Å². The van der Waals surface area contributed by atoms with Crippen LogP contribution in [0.3, 0.4) is 0 Å². The Morgan fingerprint density at radius 1 is 1.24 bits per heavy atom. The van der Waals surface area contributed by atoms with Crippen LogP contribution in [-0.2, 0) is 11.3 Å². The summed E-state index contributed by atoms with van der Waals surface area (Å²) in [5, 5.41) is 11.0. The zero-order valence-corrected chi connectivity index (χ0v) is 14.1. The van der Waals surface area contributed by atoms with E-state index in [0.717, 1.165) is 24.0 Å². The topological polar surface area (TPSA) is 72.7 Å². The third-order valence-electron chi connectivity index (χ3n) is 4.16. The average molecular weight is 340 g/mol. The number of nitrogens with zero attached hydrogens (tertiary/aromatic N) is 2. The molecule has 0 unspecified atom stereocenters. The Hall–Kier alpha value is -2.89. The summed E-state index contributed by atoms with van der Waals surface area (Å²) in [4.78, 5) is 24.9. The molecule has 1 fully saturated rings. The summed E-state index contributed by atoms with van der Waals surface area (Å²) in [6, 6.07) is 14.4. The van der Waals surface area contributed by atoms with Crippen LogP contribution in [0.2, 0.25) is 0 Å². The third kappa shape index (κ3) is 4.35. The summed E-state index contributed by atoms with van der Waals surface area (Å²) < 4.78 is 5.45. The second-order valence-corrected chi connectivity index (χ2v) is 6.26. The number of carbonyl (C=O) groups excluding carboxylic acids is 1. The van der Waals surface area contributed by atoms with Gasteiger partial charge in [0.15, 0.2) is 12.4 Å². The van der Waals surface area contributed by atoms with Gasteiger partial charge in [0.2, 0.25) is 0 Å². The van der Waals surface area contributed by atoms with Crippen LogP contribution in [0.5, 0.6) is 5.75 Å². The van der Waals surface area contributed by atoms with E-state index in [1.807, 2.05) is 30.0 Å². The molecule has 0 aliphatic heterocycles. The van der Waals surface area contributed by atoms with Gasteiger partial charge in [-0.05, 0) is 31.4 Å². The van der Waals surface area contributed by atoms with Crippen molar-refractivity contribution >= 4 is 11.6 Å². The van der Waals surface area contributed by atoms with Crippen molar-refractivity contribution in [1.82, 2.24) is 4.90 Å². The maximum absolute atomic E-state index is 12.6. The molecule has 0 saturated heterocycles. The van der Waals surface area contributed by atoms with E-state index in [-0.39, 0.29) is 30.0 Å². The van der Waals surface area contributed by atoms with Crippen molar-refractivity contribution in [3.63, 3.8) is 0 Å². The molecule has 1 saturated carbocycles. The summed E-state index contributed by atoms with van der Waals surface area (Å²) in [7, 11) is 0. The number of para-hydroxylation sites is 2. The number of hydrogen-bond donors (Lipinski definition) is 0. The lowest BCUT2D eigenvalue weighted by atomic mass is 10.1. The number of benzene rings is 2. The van der Waals surface area contributed by atoms with Crippen LogP contribution in [0.25, 0.3) is 0 Å². The van der Waals surface area contributed by atoms with Crippen LogP contribution in [0, 0.1) is 17.0 Å². The van der Waals surface area contributed by atoms with E-state index in [9.17, 15) is 14.9 Å². The molecule has 6 heteroatoms. The Balaban J connectivity index is 1.67. The van der Waals surface area contributed by atoms with Crippen LogP contribution >= 0.6 is 0 Å². The molecule has 2 aromatic carbocycles. The Kier molecular flexibility index (Phi) is 4.97. The van der Waals surface area contributed by atoms with Gasteiger partial charge in [0.05, 0.1) is 4.92 Å². The Morgan fingerprint density at radius 2 is 2.00 bits per heavy atom. The smallest absolute Gasteiger partial charge is 0.310 e. The van der Waals surface area contributed by atoms with E-state index < -0.39 is 4.92 Å². The zero-order chi connectivity index (χ0) is 17.8. The molecule has 130 valence electrons. The molecular weight excluding hydrogens is 320 g/mol. The normalized spacial score (nSPS) is 13.3. The van der Waals surface area contributed by atoms with Crippen molar-refractivity contribution in [1.29, 1.82) is 0 Å². The first-order valence-electron chi connectivity index (χ1n) is 8.26. The molecule has 0 heterocycles. The molecule has 1 aliphatic carbocycles. The molecule has 0 aromatic heterocycles. The highest BCUT2D eigenvalue weighted by molar-refractivity contribution is 5.78. The number of aryl methyl sites for hydroxylation is 1. The van der Waals surface area contributed by atoms with Gasteiger partial charge in [0.1, 0.15) is 0 Å². The second-order valence-electron chi connectivity index (χ2n) is 6.26. The van der Waals surface area contributed by atoms with Crippen LogP contribution in [0.1, 0.15) is 24.0 Å². The highest BCUT2D eigenvalue weighted by atomic mass is 16.6. The molecule has 1 aliphatic rings. The summed E-state index contributed by atoms with van der Waals surface area (Å²) in [5.41, 5.74) is 2.09. The average Bonchev–Trinajstić information content (AvgIpc) is 3.42. The standard InChI is InChI=1S/C19H20N2O4/c1-14-5-4-6-15(11-14)12-20(16-9-10-16)19(22)13-25-18-8-3-2-7-17(18)21(23)24/h2-8,11,16H,9-10,12-13H2,1H3. The Bertz CT molecular complexity index is 786. The highest BCUT2D eigenvalue weighted by Crippen LogP contribution is 2.30. The quantitative estimate of drug-likeness (QED) is 0.571. The first-order valence-corrected chi connectivity index (χ1v) is 8.26. The molecule has 0 bridgehead atoms. The molecule has 0 N–H and O–H groups in total. The molecule has 6 nitrogen and oxygen atoms in total. The van der Waals surface area contributed by atoms with Gasteiger partial charge in [0, 0.05) is 18.7 Å². The minimum Gasteiger partial charge on any atom is -0.477 e. The van der Waals surface area contributed by atoms with Crippen LogP contribution in [-0.4, -0.2) is 28.4 Å². The minimum atomic E-state index is -0.509. The number of hydrogen-bond acceptors (Lipinski definition) is 4. The summed E-state index contributed by atoms with van der Waals surface area (Å²) in [5.74, 6) is -0.0330. The lowest BCUT2D eigenvalue weighted by Crippen LogP contribution is -2.36. The second kappa shape index (κ2) is 7.34. The molecule has 25 heavy (non-hydrogen) atoms. The monoisotopic (exact) mass is 340 g/mol. The fourth-order valence-corrected chi connectivity index (χ4v) is 2.77. The Morgan fingerprint density at radius 3 is 2.68 bits per heavy atom. The van der Waals surface area contributed by atoms with E-state index in [4.69, 9.17) is 4.74 Å². The first-order chi connectivity index (χ1) is 12.0. The van der Waals surface area contributed by atoms with Crippen molar-refractivity contribution in [2.45, 2.75) is 32.4 Å². The van der Waals surface area contributed by atoms with E-state index in [0.29, 0.717) is 6.54 Å². The van der Waals surface area contributed by atoms with Crippen LogP contribution in [0.4, 0.5) is 5.69 Å². The summed E-state index contributed by atoms with van der Waals surface area (Å²) in [6.07, 6.45) is 1.98. The molecular formula is C19H20N2O4. The largest absolute Gasteiger partial charge is 0.477 e. The number of rotatable bonds is 7. The van der Waals surface area contributed by atoms with Gasteiger partial charge in [0.25, 0.3) is 5.91 Å². The molecule has 0 radical (unpaired) electrons. The minimum absolute atomic E-state index is 0.118. The molecule has 3 rings (SSSR count). The predicted molar refractivity (Wildman–Crippen MR) is 93.3 cm³/mol. The maximum Gasteiger partial charge on any atom is 0.310 e. The van der Waals surface area contributed by atoms with Gasteiger partial charge in [-0.25, -0.2) is 0 Å². The third-order valence-corrected chi connectivity index (χ3v) is 4.16. The van der Waals surface area contributed by atoms with E-state index in [1.54, 1.807) is 12.1 Å². The highest BCUT2D eigenvalue weighted by Gasteiger charge is 2.33. The van der Waals surface area contributed by atoms with Gasteiger partial charge < -0.3 is 9.64 Å². The van der Waals surface area contributed by atoms with Crippen molar-refractivity contribution < 1.29 is 14.5 Å². The lowest BCUT2D eigenvalue weighted by molar-refractivity contribution is -0.385. The van der Waals surface area contributed by atoms with Crippen LogP contribution < -0.4 is 4.74 Å². The van der Waals surface area contributed by atoms with E-state index in [1.165, 1.54) is 12.1 Å². The van der Waals surface area contributed by atoms with Gasteiger partial charge >= 0.3 is 5.69 Å².